The molecule has 0 bridgehead atoms. The standard InChI is InChI=1S/C28H23Cl2N3O2/c1-28-26-25(20-10-3-5-12-23(20)31-26)21(19-9-2-4-11-22(19)30)15-33(28)24(34)16-32(27(28)35)14-17-7-6-8-18(29)13-17/h2-13,21,31H,14-16H2,1H3/t21-,28-/m0/s1. The average molecular weight is 504 g/mol. The Balaban J connectivity index is 1.52. The zero-order valence-corrected chi connectivity index (χ0v) is 20.6. The molecule has 7 heteroatoms. The molecule has 6 rings (SSSR count). The van der Waals surface area contributed by atoms with Crippen molar-refractivity contribution in [3.05, 3.63) is 105 Å². The highest BCUT2D eigenvalue weighted by Gasteiger charge is 2.56. The lowest BCUT2D eigenvalue weighted by molar-refractivity contribution is -0.166. The van der Waals surface area contributed by atoms with Gasteiger partial charge in [0.2, 0.25) is 5.91 Å². The molecule has 0 aliphatic carbocycles. The highest BCUT2D eigenvalue weighted by Crippen LogP contribution is 2.49. The monoisotopic (exact) mass is 503 g/mol. The van der Waals surface area contributed by atoms with Gasteiger partial charge in [-0.15, -0.1) is 0 Å². The summed E-state index contributed by atoms with van der Waals surface area (Å²) in [6, 6.07) is 23.2. The number of aromatic amines is 1. The molecule has 1 aromatic heterocycles. The molecule has 35 heavy (non-hydrogen) atoms. The van der Waals surface area contributed by atoms with Crippen molar-refractivity contribution in [2.24, 2.45) is 0 Å². The third-order valence-corrected chi connectivity index (χ3v) is 7.94. The SMILES string of the molecule is C[C@]12C(=O)N(Cc3cccc(Cl)c3)CC(=O)N1C[C@@H](c1ccccc1Cl)c1c2[nH]c2ccccc12. The van der Waals surface area contributed by atoms with E-state index < -0.39 is 5.54 Å². The lowest BCUT2D eigenvalue weighted by Crippen LogP contribution is -2.67. The van der Waals surface area contributed by atoms with E-state index >= 15 is 0 Å². The first-order chi connectivity index (χ1) is 16.9. The molecule has 0 saturated carbocycles. The highest BCUT2D eigenvalue weighted by atomic mass is 35.5. The van der Waals surface area contributed by atoms with Crippen molar-refractivity contribution < 1.29 is 9.59 Å². The lowest BCUT2D eigenvalue weighted by atomic mass is 9.76. The quantitative estimate of drug-likeness (QED) is 0.389. The first-order valence-corrected chi connectivity index (χ1v) is 12.3. The minimum Gasteiger partial charge on any atom is -0.356 e. The smallest absolute Gasteiger partial charge is 0.255 e. The molecule has 3 aromatic carbocycles. The number of carbonyl (C=O) groups excluding carboxylic acids is 2. The predicted molar refractivity (Wildman–Crippen MR) is 138 cm³/mol. The predicted octanol–water partition coefficient (Wildman–Crippen LogP) is 5.71. The van der Waals surface area contributed by atoms with Crippen molar-refractivity contribution in [2.45, 2.75) is 24.9 Å². The fourth-order valence-corrected chi connectivity index (χ4v) is 6.18. The van der Waals surface area contributed by atoms with Gasteiger partial charge in [-0.25, -0.2) is 0 Å². The van der Waals surface area contributed by atoms with Crippen molar-refractivity contribution in [3.8, 4) is 0 Å². The number of hydrogen-bond donors (Lipinski definition) is 1. The minimum atomic E-state index is -1.15. The fourth-order valence-electron chi connectivity index (χ4n) is 5.70. The summed E-state index contributed by atoms with van der Waals surface area (Å²) < 4.78 is 0. The molecule has 0 radical (unpaired) electrons. The van der Waals surface area contributed by atoms with E-state index in [2.05, 4.69) is 11.1 Å². The van der Waals surface area contributed by atoms with Crippen molar-refractivity contribution in [2.75, 3.05) is 13.1 Å². The van der Waals surface area contributed by atoms with Crippen LogP contribution in [-0.2, 0) is 21.7 Å². The lowest BCUT2D eigenvalue weighted by Gasteiger charge is -2.51. The van der Waals surface area contributed by atoms with Gasteiger partial charge in [0, 0.05) is 40.0 Å². The summed E-state index contributed by atoms with van der Waals surface area (Å²) in [5.41, 5.74) is 3.40. The van der Waals surface area contributed by atoms with Gasteiger partial charge < -0.3 is 14.8 Å². The molecular formula is C28H23Cl2N3O2. The molecule has 2 atom stereocenters. The Morgan fingerprint density at radius 3 is 2.57 bits per heavy atom. The molecule has 2 amide bonds. The van der Waals surface area contributed by atoms with E-state index in [-0.39, 0.29) is 24.3 Å². The topological polar surface area (TPSA) is 56.4 Å². The van der Waals surface area contributed by atoms with Gasteiger partial charge in [0.15, 0.2) is 5.54 Å². The second-order valence-electron chi connectivity index (χ2n) is 9.40. The first kappa shape index (κ1) is 22.2. The van der Waals surface area contributed by atoms with Crippen LogP contribution < -0.4 is 0 Å². The maximum Gasteiger partial charge on any atom is 0.255 e. The van der Waals surface area contributed by atoms with Crippen LogP contribution in [0.2, 0.25) is 10.0 Å². The molecule has 2 aliphatic heterocycles. The van der Waals surface area contributed by atoms with E-state index in [4.69, 9.17) is 23.2 Å². The van der Waals surface area contributed by atoms with E-state index in [1.807, 2.05) is 67.6 Å². The van der Waals surface area contributed by atoms with Gasteiger partial charge in [0.05, 0.1) is 5.69 Å². The Morgan fingerprint density at radius 2 is 1.77 bits per heavy atom. The zero-order chi connectivity index (χ0) is 24.3. The second-order valence-corrected chi connectivity index (χ2v) is 10.2. The summed E-state index contributed by atoms with van der Waals surface area (Å²) in [6.45, 7) is 2.57. The number of fused-ring (bicyclic) bond motifs is 5. The van der Waals surface area contributed by atoms with E-state index in [0.29, 0.717) is 23.1 Å². The normalized spacial score (nSPS) is 21.9. The molecule has 2 aliphatic rings. The third kappa shape index (κ3) is 3.37. The van der Waals surface area contributed by atoms with Gasteiger partial charge in [0.1, 0.15) is 6.54 Å². The van der Waals surface area contributed by atoms with E-state index in [1.165, 1.54) is 0 Å². The van der Waals surface area contributed by atoms with Gasteiger partial charge in [-0.1, -0.05) is 71.7 Å². The molecule has 1 saturated heterocycles. The number of H-pyrrole nitrogens is 1. The van der Waals surface area contributed by atoms with E-state index in [1.54, 1.807) is 15.9 Å². The number of para-hydroxylation sites is 1. The number of amides is 2. The molecule has 3 heterocycles. The van der Waals surface area contributed by atoms with Crippen LogP contribution in [-0.4, -0.2) is 39.7 Å². The Kier molecular flexibility index (Phi) is 5.17. The summed E-state index contributed by atoms with van der Waals surface area (Å²) in [7, 11) is 0. The van der Waals surface area contributed by atoms with Crippen LogP contribution >= 0.6 is 23.2 Å². The van der Waals surface area contributed by atoms with Crippen LogP contribution in [0.3, 0.4) is 0 Å². The van der Waals surface area contributed by atoms with Crippen LogP contribution in [0.5, 0.6) is 0 Å². The Hall–Kier alpha value is -3.28. The van der Waals surface area contributed by atoms with Gasteiger partial charge >= 0.3 is 0 Å². The third-order valence-electron chi connectivity index (χ3n) is 7.36. The summed E-state index contributed by atoms with van der Waals surface area (Å²) >= 11 is 12.8. The Labute approximate surface area is 213 Å². The maximum absolute atomic E-state index is 14.1. The number of nitrogens with one attached hydrogen (secondary N) is 1. The largest absolute Gasteiger partial charge is 0.356 e. The molecule has 4 aromatic rings. The highest BCUT2D eigenvalue weighted by molar-refractivity contribution is 6.31. The van der Waals surface area contributed by atoms with Crippen molar-refractivity contribution in [1.29, 1.82) is 0 Å². The number of aromatic nitrogens is 1. The van der Waals surface area contributed by atoms with Crippen LogP contribution in [0.4, 0.5) is 0 Å². The fraction of sp³-hybridized carbons (Fsp3) is 0.214. The molecule has 0 unspecified atom stereocenters. The van der Waals surface area contributed by atoms with Gasteiger partial charge in [-0.2, -0.15) is 0 Å². The van der Waals surface area contributed by atoms with Crippen LogP contribution in [0.1, 0.15) is 35.2 Å². The number of rotatable bonds is 3. The number of hydrogen-bond acceptors (Lipinski definition) is 2. The first-order valence-electron chi connectivity index (χ1n) is 11.6. The number of carbonyl (C=O) groups is 2. The van der Waals surface area contributed by atoms with Crippen LogP contribution in [0.15, 0.2) is 72.8 Å². The van der Waals surface area contributed by atoms with Crippen LogP contribution in [0.25, 0.3) is 10.9 Å². The van der Waals surface area contributed by atoms with Gasteiger partial charge in [0.25, 0.3) is 5.91 Å². The molecule has 0 spiro atoms. The van der Waals surface area contributed by atoms with Gasteiger partial charge in [-0.05, 0) is 47.9 Å². The summed E-state index contributed by atoms with van der Waals surface area (Å²) in [5.74, 6) is -0.350. The molecule has 176 valence electrons. The van der Waals surface area contributed by atoms with E-state index in [9.17, 15) is 9.59 Å². The van der Waals surface area contributed by atoms with Gasteiger partial charge in [-0.3, -0.25) is 9.59 Å². The van der Waals surface area contributed by atoms with Crippen molar-refractivity contribution >= 4 is 45.9 Å². The summed E-state index contributed by atoms with van der Waals surface area (Å²) in [6.07, 6.45) is 0. The zero-order valence-electron chi connectivity index (χ0n) is 19.1. The molecular weight excluding hydrogens is 481 g/mol. The maximum atomic E-state index is 14.1. The summed E-state index contributed by atoms with van der Waals surface area (Å²) in [5, 5.41) is 2.29. The number of benzene rings is 3. The van der Waals surface area contributed by atoms with Crippen molar-refractivity contribution in [1.82, 2.24) is 14.8 Å². The second kappa shape index (κ2) is 8.14. The Bertz CT molecular complexity index is 1500. The van der Waals surface area contributed by atoms with Crippen LogP contribution in [0, 0.1) is 0 Å². The minimum absolute atomic E-state index is 0.0196. The molecule has 1 fully saturated rings. The number of piperazine rings is 1. The molecule has 5 nitrogen and oxygen atoms in total. The van der Waals surface area contributed by atoms with E-state index in [0.717, 1.165) is 33.3 Å². The number of nitrogens with zero attached hydrogens (tertiary/aromatic N) is 2. The summed E-state index contributed by atoms with van der Waals surface area (Å²) in [4.78, 5) is 34.6. The van der Waals surface area contributed by atoms with Crippen molar-refractivity contribution in [3.63, 3.8) is 0 Å². The molecule has 1 N–H and O–H groups in total. The Morgan fingerprint density at radius 1 is 1.00 bits per heavy atom. The average Bonchev–Trinajstić information content (AvgIpc) is 3.24. The number of halogens is 2.